The van der Waals surface area contributed by atoms with Crippen LogP contribution in [0.2, 0.25) is 0 Å². The van der Waals surface area contributed by atoms with Gasteiger partial charge in [-0.2, -0.15) is 5.26 Å². The number of carbonyl (C=O) groups is 1. The molecule has 1 amide bonds. The summed E-state index contributed by atoms with van der Waals surface area (Å²) < 4.78 is 5.65. The van der Waals surface area contributed by atoms with E-state index in [0.717, 1.165) is 32.5 Å². The normalized spacial score (nSPS) is 17.6. The maximum atomic E-state index is 11.0. The lowest BCUT2D eigenvalue weighted by atomic mass is 9.91. The minimum Gasteiger partial charge on any atom is -0.492 e. The fourth-order valence-corrected chi connectivity index (χ4v) is 2.67. The number of aliphatic hydroxyl groups excluding tert-OH is 1. The number of likely N-dealkylation sites (tertiary alicyclic amines) is 1. The summed E-state index contributed by atoms with van der Waals surface area (Å²) in [5, 5.41) is 18.5. The van der Waals surface area contributed by atoms with E-state index in [1.54, 1.807) is 18.2 Å². The number of rotatable bonds is 6. The van der Waals surface area contributed by atoms with Gasteiger partial charge in [0.05, 0.1) is 11.6 Å². The Hall–Kier alpha value is -2.10. The summed E-state index contributed by atoms with van der Waals surface area (Å²) in [6.07, 6.45) is 0.481. The van der Waals surface area contributed by atoms with Crippen LogP contribution in [0.5, 0.6) is 5.75 Å². The number of primary amides is 1. The molecule has 1 atom stereocenters. The van der Waals surface area contributed by atoms with Crippen molar-refractivity contribution >= 4 is 5.91 Å². The number of amides is 1. The Morgan fingerprint density at radius 3 is 2.86 bits per heavy atom. The fraction of sp³-hybridized carbons (Fsp3) is 0.500. The van der Waals surface area contributed by atoms with Gasteiger partial charge in [0.2, 0.25) is 5.91 Å². The van der Waals surface area contributed by atoms with Crippen LogP contribution >= 0.6 is 0 Å². The molecule has 0 spiro atoms. The van der Waals surface area contributed by atoms with Crippen LogP contribution in [0.3, 0.4) is 0 Å². The van der Waals surface area contributed by atoms with Gasteiger partial charge in [0, 0.05) is 6.54 Å². The Morgan fingerprint density at radius 1 is 1.50 bits per heavy atom. The quantitative estimate of drug-likeness (QED) is 0.797. The van der Waals surface area contributed by atoms with Crippen molar-refractivity contribution in [3.63, 3.8) is 0 Å². The van der Waals surface area contributed by atoms with Crippen molar-refractivity contribution in [3.8, 4) is 11.8 Å². The van der Waals surface area contributed by atoms with Crippen molar-refractivity contribution in [3.05, 3.63) is 29.8 Å². The van der Waals surface area contributed by atoms with Gasteiger partial charge in [-0.25, -0.2) is 0 Å². The minimum atomic E-state index is -1.04. The summed E-state index contributed by atoms with van der Waals surface area (Å²) in [5.41, 5.74) is 5.71. The topological polar surface area (TPSA) is 99.6 Å². The lowest BCUT2D eigenvalue weighted by Crippen LogP contribution is -2.43. The molecule has 6 nitrogen and oxygen atoms in total. The Balaban J connectivity index is 1.71. The van der Waals surface area contributed by atoms with Crippen molar-refractivity contribution in [2.45, 2.75) is 18.9 Å². The number of nitrogens with two attached hydrogens (primary N) is 1. The van der Waals surface area contributed by atoms with E-state index >= 15 is 0 Å². The predicted octanol–water partition coefficient (Wildman–Crippen LogP) is 0.495. The molecule has 1 aliphatic rings. The Labute approximate surface area is 130 Å². The molecule has 1 aromatic rings. The first kappa shape index (κ1) is 16.3. The number of nitrogens with zero attached hydrogens (tertiary/aromatic N) is 2. The predicted molar refractivity (Wildman–Crippen MR) is 81.0 cm³/mol. The van der Waals surface area contributed by atoms with E-state index in [1.807, 2.05) is 6.07 Å². The van der Waals surface area contributed by atoms with Gasteiger partial charge in [0.1, 0.15) is 18.5 Å². The molecule has 3 N–H and O–H groups in total. The standard InChI is InChI=1S/C16H21N3O3/c17-11-12-2-1-3-14(10-12)22-9-8-19-6-4-13(5-7-19)15(20)16(18)21/h1-3,10,13,15,20H,4-9H2,(H2,18,21). The lowest BCUT2D eigenvalue weighted by molar-refractivity contribution is -0.129. The second kappa shape index (κ2) is 7.78. The molecule has 0 aliphatic carbocycles. The minimum absolute atomic E-state index is 0.0398. The van der Waals surface area contributed by atoms with Crippen LogP contribution in [0.4, 0.5) is 0 Å². The lowest BCUT2D eigenvalue weighted by Gasteiger charge is -2.33. The molecule has 0 radical (unpaired) electrons. The zero-order valence-corrected chi connectivity index (χ0v) is 12.4. The highest BCUT2D eigenvalue weighted by atomic mass is 16.5. The maximum Gasteiger partial charge on any atom is 0.246 e. The van der Waals surface area contributed by atoms with E-state index in [9.17, 15) is 9.90 Å². The molecule has 0 bridgehead atoms. The van der Waals surface area contributed by atoms with E-state index in [-0.39, 0.29) is 5.92 Å². The van der Waals surface area contributed by atoms with Crippen LogP contribution in [-0.2, 0) is 4.79 Å². The summed E-state index contributed by atoms with van der Waals surface area (Å²) in [4.78, 5) is 13.2. The van der Waals surface area contributed by atoms with E-state index in [0.29, 0.717) is 17.9 Å². The van der Waals surface area contributed by atoms with Crippen molar-refractivity contribution < 1.29 is 14.6 Å². The van der Waals surface area contributed by atoms with Crippen molar-refractivity contribution in [2.24, 2.45) is 11.7 Å². The molecular formula is C16H21N3O3. The van der Waals surface area contributed by atoms with Gasteiger partial charge in [-0.1, -0.05) is 6.07 Å². The Morgan fingerprint density at radius 2 is 2.23 bits per heavy atom. The van der Waals surface area contributed by atoms with Gasteiger partial charge < -0.3 is 15.6 Å². The molecule has 0 aromatic heterocycles. The number of aliphatic hydroxyl groups is 1. The number of hydrogen-bond donors (Lipinski definition) is 2. The molecular weight excluding hydrogens is 282 g/mol. The fourth-order valence-electron chi connectivity index (χ4n) is 2.67. The zero-order chi connectivity index (χ0) is 15.9. The molecule has 0 saturated carbocycles. The van der Waals surface area contributed by atoms with Crippen molar-refractivity contribution in [1.29, 1.82) is 5.26 Å². The monoisotopic (exact) mass is 303 g/mol. The average molecular weight is 303 g/mol. The van der Waals surface area contributed by atoms with Gasteiger partial charge in [0.25, 0.3) is 0 Å². The first-order valence-corrected chi connectivity index (χ1v) is 7.43. The van der Waals surface area contributed by atoms with Crippen molar-refractivity contribution in [2.75, 3.05) is 26.2 Å². The molecule has 2 rings (SSSR count). The highest BCUT2D eigenvalue weighted by molar-refractivity contribution is 5.78. The highest BCUT2D eigenvalue weighted by Crippen LogP contribution is 2.20. The first-order valence-electron chi connectivity index (χ1n) is 7.43. The summed E-state index contributed by atoms with van der Waals surface area (Å²) >= 11 is 0. The summed E-state index contributed by atoms with van der Waals surface area (Å²) in [5.74, 6) is 0.0132. The number of ether oxygens (including phenoxy) is 1. The van der Waals surface area contributed by atoms with Crippen LogP contribution in [0, 0.1) is 17.2 Å². The number of carbonyl (C=O) groups excluding carboxylic acids is 1. The van der Waals surface area contributed by atoms with Gasteiger partial charge in [-0.05, 0) is 50.0 Å². The molecule has 1 fully saturated rings. The Kier molecular flexibility index (Phi) is 5.75. The van der Waals surface area contributed by atoms with E-state index < -0.39 is 12.0 Å². The second-order valence-corrected chi connectivity index (χ2v) is 5.51. The third-order valence-corrected chi connectivity index (χ3v) is 4.01. The van der Waals surface area contributed by atoms with E-state index in [1.165, 1.54) is 0 Å². The summed E-state index contributed by atoms with van der Waals surface area (Å²) in [6, 6.07) is 9.16. The number of piperidine rings is 1. The smallest absolute Gasteiger partial charge is 0.246 e. The second-order valence-electron chi connectivity index (χ2n) is 5.51. The van der Waals surface area contributed by atoms with Crippen LogP contribution in [0.15, 0.2) is 24.3 Å². The Bertz CT molecular complexity index is 548. The van der Waals surface area contributed by atoms with E-state index in [2.05, 4.69) is 11.0 Å². The molecule has 1 saturated heterocycles. The van der Waals surface area contributed by atoms with Crippen LogP contribution in [0.1, 0.15) is 18.4 Å². The maximum absolute atomic E-state index is 11.0. The molecule has 1 unspecified atom stereocenters. The zero-order valence-electron chi connectivity index (χ0n) is 12.4. The third-order valence-electron chi connectivity index (χ3n) is 4.01. The third kappa shape index (κ3) is 4.45. The number of nitriles is 1. The number of hydrogen-bond acceptors (Lipinski definition) is 5. The highest BCUT2D eigenvalue weighted by Gasteiger charge is 2.28. The molecule has 1 aromatic carbocycles. The molecule has 118 valence electrons. The molecule has 22 heavy (non-hydrogen) atoms. The summed E-state index contributed by atoms with van der Waals surface area (Å²) in [6.45, 7) is 2.95. The molecule has 1 heterocycles. The number of benzene rings is 1. The summed E-state index contributed by atoms with van der Waals surface area (Å²) in [7, 11) is 0. The van der Waals surface area contributed by atoms with E-state index in [4.69, 9.17) is 15.7 Å². The average Bonchev–Trinajstić information content (AvgIpc) is 2.55. The van der Waals surface area contributed by atoms with Gasteiger partial charge >= 0.3 is 0 Å². The van der Waals surface area contributed by atoms with Gasteiger partial charge in [-0.3, -0.25) is 9.69 Å². The van der Waals surface area contributed by atoms with Crippen LogP contribution in [0.25, 0.3) is 0 Å². The van der Waals surface area contributed by atoms with Crippen LogP contribution < -0.4 is 10.5 Å². The molecule has 6 heteroatoms. The first-order chi connectivity index (χ1) is 10.6. The van der Waals surface area contributed by atoms with Gasteiger partial charge in [-0.15, -0.1) is 0 Å². The molecule has 1 aliphatic heterocycles. The SMILES string of the molecule is N#Cc1cccc(OCCN2CCC(C(O)C(N)=O)CC2)c1. The van der Waals surface area contributed by atoms with Crippen LogP contribution in [-0.4, -0.2) is 48.3 Å². The van der Waals surface area contributed by atoms with Gasteiger partial charge in [0.15, 0.2) is 0 Å². The largest absolute Gasteiger partial charge is 0.492 e. The van der Waals surface area contributed by atoms with Crippen molar-refractivity contribution in [1.82, 2.24) is 4.90 Å².